The van der Waals surface area contributed by atoms with Crippen LogP contribution in [-0.4, -0.2) is 23.5 Å². The maximum atomic E-state index is 12.3. The molecule has 1 amide bonds. The fraction of sp³-hybridized carbons (Fsp3) is 0.579. The molecule has 0 saturated heterocycles. The molecule has 1 N–H and O–H groups in total. The van der Waals surface area contributed by atoms with Crippen molar-refractivity contribution in [2.75, 3.05) is 0 Å². The fourth-order valence-electron chi connectivity index (χ4n) is 2.06. The first-order chi connectivity index (χ1) is 10.4. The van der Waals surface area contributed by atoms with Crippen LogP contribution < -0.4 is 5.32 Å². The summed E-state index contributed by atoms with van der Waals surface area (Å²) in [6.07, 6.45) is 0.487. The lowest BCUT2D eigenvalue weighted by atomic mass is 9.86. The average molecular weight is 319 g/mol. The zero-order valence-electron chi connectivity index (χ0n) is 15.3. The quantitative estimate of drug-likeness (QED) is 0.858. The Morgan fingerprint density at radius 2 is 1.57 bits per heavy atom. The lowest BCUT2D eigenvalue weighted by molar-refractivity contribution is -0.157. The Bertz CT molecular complexity index is 547. The second kappa shape index (κ2) is 7.16. The van der Waals surface area contributed by atoms with Gasteiger partial charge in [0.25, 0.3) is 5.91 Å². The molecule has 1 rings (SSSR count). The first kappa shape index (κ1) is 19.2. The highest BCUT2D eigenvalue weighted by Crippen LogP contribution is 2.22. The average Bonchev–Trinajstić information content (AvgIpc) is 2.41. The Labute approximate surface area is 139 Å². The third kappa shape index (κ3) is 6.05. The largest absolute Gasteiger partial charge is 0.458 e. The number of hydrogen-bond acceptors (Lipinski definition) is 3. The van der Waals surface area contributed by atoms with Crippen molar-refractivity contribution in [2.24, 2.45) is 0 Å². The summed E-state index contributed by atoms with van der Waals surface area (Å²) < 4.78 is 5.34. The SMILES string of the molecule is CCC(NC(=O)c1ccc(C(C)(C)C)cc1)C(=O)OC(C)(C)C. The Balaban J connectivity index is 2.79. The smallest absolute Gasteiger partial charge is 0.329 e. The highest BCUT2D eigenvalue weighted by molar-refractivity contribution is 5.96. The number of benzene rings is 1. The third-order valence-electron chi connectivity index (χ3n) is 3.42. The van der Waals surface area contributed by atoms with Gasteiger partial charge in [0.1, 0.15) is 11.6 Å². The summed E-state index contributed by atoms with van der Waals surface area (Å²) in [6.45, 7) is 13.6. The standard InChI is InChI=1S/C19H29NO3/c1-8-15(17(22)23-19(5,6)7)20-16(21)13-9-11-14(12-10-13)18(2,3)4/h9-12,15H,8H2,1-7H3,(H,20,21). The molecule has 1 aromatic rings. The van der Waals surface area contributed by atoms with E-state index in [0.717, 1.165) is 5.56 Å². The van der Waals surface area contributed by atoms with Gasteiger partial charge in [-0.3, -0.25) is 4.79 Å². The van der Waals surface area contributed by atoms with Gasteiger partial charge >= 0.3 is 5.97 Å². The van der Waals surface area contributed by atoms with Crippen molar-refractivity contribution < 1.29 is 14.3 Å². The number of hydrogen-bond donors (Lipinski definition) is 1. The highest BCUT2D eigenvalue weighted by atomic mass is 16.6. The van der Waals surface area contributed by atoms with Gasteiger partial charge in [0.15, 0.2) is 0 Å². The van der Waals surface area contributed by atoms with Crippen LogP contribution in [0, 0.1) is 0 Å². The predicted molar refractivity (Wildman–Crippen MR) is 92.5 cm³/mol. The van der Waals surface area contributed by atoms with Gasteiger partial charge in [-0.2, -0.15) is 0 Å². The molecule has 0 bridgehead atoms. The van der Waals surface area contributed by atoms with E-state index in [-0.39, 0.29) is 11.3 Å². The summed E-state index contributed by atoms with van der Waals surface area (Å²) in [4.78, 5) is 24.4. The monoisotopic (exact) mass is 319 g/mol. The van der Waals surface area contributed by atoms with E-state index >= 15 is 0 Å². The summed E-state index contributed by atoms with van der Waals surface area (Å²) in [7, 11) is 0. The van der Waals surface area contributed by atoms with Crippen LogP contribution >= 0.6 is 0 Å². The molecular weight excluding hydrogens is 290 g/mol. The molecule has 0 aliphatic carbocycles. The molecule has 1 atom stereocenters. The van der Waals surface area contributed by atoms with Gasteiger partial charge in [0.05, 0.1) is 0 Å². The number of ether oxygens (including phenoxy) is 1. The van der Waals surface area contributed by atoms with E-state index in [2.05, 4.69) is 26.1 Å². The zero-order chi connectivity index (χ0) is 17.8. The number of amides is 1. The zero-order valence-corrected chi connectivity index (χ0v) is 15.3. The fourth-order valence-corrected chi connectivity index (χ4v) is 2.06. The second-order valence-corrected chi connectivity index (χ2v) is 7.80. The normalized spacial score (nSPS) is 13.3. The van der Waals surface area contributed by atoms with E-state index < -0.39 is 17.6 Å². The van der Waals surface area contributed by atoms with Crippen LogP contribution in [0.3, 0.4) is 0 Å². The second-order valence-electron chi connectivity index (χ2n) is 7.80. The van der Waals surface area contributed by atoms with E-state index in [1.54, 1.807) is 12.1 Å². The van der Waals surface area contributed by atoms with Crippen molar-refractivity contribution in [3.63, 3.8) is 0 Å². The Morgan fingerprint density at radius 3 is 1.96 bits per heavy atom. The number of esters is 1. The molecule has 0 aliphatic rings. The van der Waals surface area contributed by atoms with Crippen LogP contribution in [0.1, 0.15) is 70.8 Å². The summed E-state index contributed by atoms with van der Waals surface area (Å²) >= 11 is 0. The van der Waals surface area contributed by atoms with Crippen LogP contribution in [-0.2, 0) is 14.9 Å². The van der Waals surface area contributed by atoms with Crippen molar-refractivity contribution in [3.8, 4) is 0 Å². The van der Waals surface area contributed by atoms with Gasteiger partial charge in [-0.25, -0.2) is 4.79 Å². The van der Waals surface area contributed by atoms with E-state index in [4.69, 9.17) is 4.74 Å². The number of nitrogens with one attached hydrogen (secondary N) is 1. The molecule has 0 radical (unpaired) electrons. The molecule has 0 heterocycles. The highest BCUT2D eigenvalue weighted by Gasteiger charge is 2.25. The van der Waals surface area contributed by atoms with E-state index in [1.165, 1.54) is 0 Å². The Hall–Kier alpha value is -1.84. The lowest BCUT2D eigenvalue weighted by Gasteiger charge is -2.24. The van der Waals surface area contributed by atoms with Crippen LogP contribution in [0.5, 0.6) is 0 Å². The molecule has 23 heavy (non-hydrogen) atoms. The summed E-state index contributed by atoms with van der Waals surface area (Å²) in [5.74, 6) is -0.664. The van der Waals surface area contributed by atoms with Crippen molar-refractivity contribution in [2.45, 2.75) is 71.9 Å². The Morgan fingerprint density at radius 1 is 1.04 bits per heavy atom. The lowest BCUT2D eigenvalue weighted by Crippen LogP contribution is -2.43. The van der Waals surface area contributed by atoms with Gasteiger partial charge in [0.2, 0.25) is 0 Å². The number of carbonyl (C=O) groups excluding carboxylic acids is 2. The van der Waals surface area contributed by atoms with Gasteiger partial charge in [0, 0.05) is 5.56 Å². The van der Waals surface area contributed by atoms with Crippen LogP contribution in [0.4, 0.5) is 0 Å². The summed E-state index contributed by atoms with van der Waals surface area (Å²) in [5.41, 5.74) is 1.18. The minimum atomic E-state index is -0.635. The Kier molecular flexibility index (Phi) is 5.98. The summed E-state index contributed by atoms with van der Waals surface area (Å²) in [6, 6.07) is 6.84. The van der Waals surface area contributed by atoms with Gasteiger partial charge in [-0.15, -0.1) is 0 Å². The third-order valence-corrected chi connectivity index (χ3v) is 3.42. The molecule has 0 spiro atoms. The van der Waals surface area contributed by atoms with Crippen LogP contribution in [0.15, 0.2) is 24.3 Å². The number of rotatable bonds is 4. The molecule has 128 valence electrons. The van der Waals surface area contributed by atoms with E-state index in [0.29, 0.717) is 12.0 Å². The first-order valence-electron chi connectivity index (χ1n) is 8.08. The topological polar surface area (TPSA) is 55.4 Å². The molecule has 0 aliphatic heterocycles. The van der Waals surface area contributed by atoms with Crippen molar-refractivity contribution >= 4 is 11.9 Å². The van der Waals surface area contributed by atoms with E-state index in [9.17, 15) is 9.59 Å². The predicted octanol–water partition coefficient (Wildman–Crippen LogP) is 3.83. The summed E-state index contributed by atoms with van der Waals surface area (Å²) in [5, 5.41) is 2.75. The number of carbonyl (C=O) groups is 2. The van der Waals surface area contributed by atoms with Crippen molar-refractivity contribution in [1.29, 1.82) is 0 Å². The van der Waals surface area contributed by atoms with Crippen molar-refractivity contribution in [3.05, 3.63) is 35.4 Å². The van der Waals surface area contributed by atoms with Crippen LogP contribution in [0.2, 0.25) is 0 Å². The molecule has 4 heteroatoms. The minimum absolute atomic E-state index is 0.0392. The van der Waals surface area contributed by atoms with Gasteiger partial charge in [-0.05, 0) is 50.3 Å². The maximum Gasteiger partial charge on any atom is 0.329 e. The molecule has 4 nitrogen and oxygen atoms in total. The van der Waals surface area contributed by atoms with E-state index in [1.807, 2.05) is 39.8 Å². The molecule has 0 aromatic heterocycles. The molecular formula is C19H29NO3. The first-order valence-corrected chi connectivity index (χ1v) is 8.08. The minimum Gasteiger partial charge on any atom is -0.458 e. The molecule has 1 unspecified atom stereocenters. The van der Waals surface area contributed by atoms with Crippen molar-refractivity contribution in [1.82, 2.24) is 5.32 Å². The molecule has 0 fully saturated rings. The maximum absolute atomic E-state index is 12.3. The van der Waals surface area contributed by atoms with Gasteiger partial charge < -0.3 is 10.1 Å². The van der Waals surface area contributed by atoms with Crippen LogP contribution in [0.25, 0.3) is 0 Å². The molecule has 1 aromatic carbocycles. The van der Waals surface area contributed by atoms with Gasteiger partial charge in [-0.1, -0.05) is 39.8 Å². The molecule has 0 saturated carbocycles.